The molecule has 7 unspecified atom stereocenters. The van der Waals surface area contributed by atoms with E-state index in [0.29, 0.717) is 43.5 Å². The lowest BCUT2D eigenvalue weighted by Gasteiger charge is -2.54. The van der Waals surface area contributed by atoms with E-state index in [1.165, 1.54) is 14.0 Å². The number of rotatable bonds is 8. The monoisotopic (exact) mass is 560 g/mol. The molecule has 0 aromatic carbocycles. The molecule has 0 spiro atoms. The van der Waals surface area contributed by atoms with Crippen LogP contribution in [-0.4, -0.2) is 103 Å². The molecule has 0 aromatic rings. The van der Waals surface area contributed by atoms with Crippen LogP contribution in [-0.2, 0) is 28.6 Å². The lowest BCUT2D eigenvalue weighted by atomic mass is 9.53. The SMILES string of the molecule is CCN(C=C1C(=O)OC(COC)C2(C)C1=C(O)C(=O)C1=C2C(OC(C)=O)CC2(C)C(O)CCC12)CC(C)N(C)C. The third-order valence-electron chi connectivity index (χ3n) is 9.75. The van der Waals surface area contributed by atoms with E-state index >= 15 is 0 Å². The molecule has 2 N–H and O–H groups in total. The molecule has 1 saturated heterocycles. The molecular weight excluding hydrogens is 516 g/mol. The molecule has 4 rings (SSSR count). The summed E-state index contributed by atoms with van der Waals surface area (Å²) in [4.78, 5) is 44.0. The van der Waals surface area contributed by atoms with Crippen molar-refractivity contribution in [2.75, 3.05) is 40.9 Å². The minimum Gasteiger partial charge on any atom is -0.504 e. The van der Waals surface area contributed by atoms with Gasteiger partial charge in [0.1, 0.15) is 12.2 Å². The number of aliphatic hydroxyl groups excluding tert-OH is 2. The Hall–Kier alpha value is -2.69. The molecule has 0 radical (unpaired) electrons. The molecule has 10 nitrogen and oxygen atoms in total. The highest BCUT2D eigenvalue weighted by Gasteiger charge is 2.64. The van der Waals surface area contributed by atoms with Crippen LogP contribution >= 0.6 is 0 Å². The molecule has 4 aliphatic rings. The quantitative estimate of drug-likeness (QED) is 0.338. The van der Waals surface area contributed by atoms with Gasteiger partial charge in [0.15, 0.2) is 5.76 Å². The molecule has 3 aliphatic carbocycles. The first-order valence-electron chi connectivity index (χ1n) is 14.1. The lowest BCUT2D eigenvalue weighted by molar-refractivity contribution is -0.161. The predicted octanol–water partition coefficient (Wildman–Crippen LogP) is 2.52. The van der Waals surface area contributed by atoms with Gasteiger partial charge >= 0.3 is 11.9 Å². The van der Waals surface area contributed by atoms with Crippen LogP contribution < -0.4 is 0 Å². The van der Waals surface area contributed by atoms with E-state index in [1.54, 1.807) is 6.20 Å². The van der Waals surface area contributed by atoms with Gasteiger partial charge in [-0.3, -0.25) is 9.59 Å². The van der Waals surface area contributed by atoms with Gasteiger partial charge in [0.2, 0.25) is 5.78 Å². The van der Waals surface area contributed by atoms with Gasteiger partial charge in [-0.15, -0.1) is 0 Å². The van der Waals surface area contributed by atoms with Gasteiger partial charge in [0.05, 0.1) is 23.7 Å². The van der Waals surface area contributed by atoms with Crippen LogP contribution in [0.5, 0.6) is 0 Å². The average molecular weight is 561 g/mol. The standard InChI is InChI=1S/C30H44N2O8/c1-9-32(13-16(2)31(6)7)14-18-24-27(36)26(35)23-19-10-11-21(34)29(19,4)12-20(39-17(3)33)25(23)30(24,5)22(15-38-8)40-28(18)37/h14,16,19-22,34,36H,9-13,15H2,1-8H3. The molecule has 0 amide bonds. The van der Waals surface area contributed by atoms with Crippen molar-refractivity contribution in [1.29, 1.82) is 0 Å². The van der Waals surface area contributed by atoms with Gasteiger partial charge in [-0.05, 0) is 65.6 Å². The number of cyclic esters (lactones) is 1. The molecule has 222 valence electrons. The second-order valence-corrected chi connectivity index (χ2v) is 12.3. The predicted molar refractivity (Wildman–Crippen MR) is 147 cm³/mol. The Morgan fingerprint density at radius 1 is 1.25 bits per heavy atom. The summed E-state index contributed by atoms with van der Waals surface area (Å²) < 4.78 is 17.3. The maximum atomic E-state index is 14.1. The molecule has 1 aliphatic heterocycles. The fourth-order valence-electron chi connectivity index (χ4n) is 7.23. The summed E-state index contributed by atoms with van der Waals surface area (Å²) in [6.07, 6.45) is 0.585. The minimum atomic E-state index is -1.22. The van der Waals surface area contributed by atoms with E-state index in [4.69, 9.17) is 14.2 Å². The number of Topliss-reactive ketones (excluding diaryl/α,β-unsaturated/α-hetero) is 1. The first-order chi connectivity index (χ1) is 18.7. The van der Waals surface area contributed by atoms with E-state index in [2.05, 4.69) is 11.8 Å². The van der Waals surface area contributed by atoms with Crippen molar-refractivity contribution in [1.82, 2.24) is 9.80 Å². The van der Waals surface area contributed by atoms with Crippen molar-refractivity contribution in [3.8, 4) is 0 Å². The molecule has 2 fully saturated rings. The number of aliphatic hydroxyl groups is 2. The normalized spacial score (nSPS) is 35.4. The second kappa shape index (κ2) is 10.9. The van der Waals surface area contributed by atoms with Gasteiger partial charge in [-0.25, -0.2) is 4.79 Å². The Bertz CT molecular complexity index is 1170. The fraction of sp³-hybridized carbons (Fsp3) is 0.700. The third kappa shape index (κ3) is 4.67. The Morgan fingerprint density at radius 3 is 2.50 bits per heavy atom. The summed E-state index contributed by atoms with van der Waals surface area (Å²) >= 11 is 0. The topological polar surface area (TPSA) is 126 Å². The van der Waals surface area contributed by atoms with E-state index < -0.39 is 52.6 Å². The van der Waals surface area contributed by atoms with Gasteiger partial charge < -0.3 is 34.2 Å². The maximum absolute atomic E-state index is 14.1. The van der Waals surface area contributed by atoms with Gasteiger partial charge in [-0.1, -0.05) is 6.92 Å². The van der Waals surface area contributed by atoms with Crippen LogP contribution in [0.2, 0.25) is 0 Å². The van der Waals surface area contributed by atoms with Gasteiger partial charge in [-0.2, -0.15) is 0 Å². The Morgan fingerprint density at radius 2 is 1.93 bits per heavy atom. The van der Waals surface area contributed by atoms with Crippen LogP contribution in [0.3, 0.4) is 0 Å². The number of nitrogens with zero attached hydrogens (tertiary/aromatic N) is 2. The zero-order valence-electron chi connectivity index (χ0n) is 24.9. The van der Waals surface area contributed by atoms with E-state index in [-0.39, 0.29) is 29.7 Å². The van der Waals surface area contributed by atoms with E-state index in [0.717, 1.165) is 0 Å². The molecule has 1 saturated carbocycles. The van der Waals surface area contributed by atoms with Crippen molar-refractivity contribution in [2.24, 2.45) is 16.7 Å². The van der Waals surface area contributed by atoms with E-state index in [1.807, 2.05) is 39.8 Å². The number of esters is 2. The van der Waals surface area contributed by atoms with Gasteiger partial charge in [0.25, 0.3) is 0 Å². The molecule has 1 heterocycles. The third-order valence-corrected chi connectivity index (χ3v) is 9.75. The molecular formula is C30H44N2O8. The first-order valence-corrected chi connectivity index (χ1v) is 14.1. The summed E-state index contributed by atoms with van der Waals surface area (Å²) in [5.74, 6) is -2.63. The van der Waals surface area contributed by atoms with Crippen LogP contribution in [0.25, 0.3) is 0 Å². The fourth-order valence-corrected chi connectivity index (χ4v) is 7.23. The number of carbonyl (C=O) groups is 3. The number of hydrogen-bond acceptors (Lipinski definition) is 10. The Labute approximate surface area is 236 Å². The lowest BCUT2D eigenvalue weighted by Crippen LogP contribution is -2.57. The number of likely N-dealkylation sites (N-methyl/N-ethyl adjacent to an activating group) is 2. The summed E-state index contributed by atoms with van der Waals surface area (Å²) in [7, 11) is 5.44. The van der Waals surface area contributed by atoms with Crippen molar-refractivity contribution in [3.05, 3.63) is 34.3 Å². The molecule has 40 heavy (non-hydrogen) atoms. The zero-order chi connectivity index (χ0) is 29.7. The molecule has 7 atom stereocenters. The molecule has 0 aromatic heterocycles. The highest BCUT2D eigenvalue weighted by atomic mass is 16.6. The maximum Gasteiger partial charge on any atom is 0.340 e. The number of ether oxygens (including phenoxy) is 3. The zero-order valence-corrected chi connectivity index (χ0v) is 24.9. The molecule has 0 bridgehead atoms. The van der Waals surface area contributed by atoms with Crippen molar-refractivity contribution in [3.63, 3.8) is 0 Å². The van der Waals surface area contributed by atoms with Crippen LogP contribution in [0.4, 0.5) is 0 Å². The Kier molecular flexibility index (Phi) is 8.28. The van der Waals surface area contributed by atoms with Crippen LogP contribution in [0.1, 0.15) is 53.9 Å². The number of hydrogen-bond donors (Lipinski definition) is 2. The minimum absolute atomic E-state index is 0.00375. The number of ketones is 1. The van der Waals surface area contributed by atoms with Crippen LogP contribution in [0, 0.1) is 16.7 Å². The highest BCUT2D eigenvalue weighted by Crippen LogP contribution is 2.63. The summed E-state index contributed by atoms with van der Waals surface area (Å²) in [5, 5.41) is 22.6. The van der Waals surface area contributed by atoms with Crippen molar-refractivity contribution >= 4 is 17.7 Å². The average Bonchev–Trinajstić information content (AvgIpc) is 3.17. The number of carbonyl (C=O) groups excluding carboxylic acids is 3. The summed E-state index contributed by atoms with van der Waals surface area (Å²) in [6, 6.07) is 0.159. The highest BCUT2D eigenvalue weighted by molar-refractivity contribution is 6.13. The largest absolute Gasteiger partial charge is 0.504 e. The van der Waals surface area contributed by atoms with Crippen molar-refractivity contribution < 1.29 is 38.8 Å². The molecule has 10 heteroatoms. The number of allylic oxidation sites excluding steroid dienone is 1. The first kappa shape index (κ1) is 30.3. The number of fused-ring (bicyclic) bond motifs is 4. The van der Waals surface area contributed by atoms with Crippen molar-refractivity contribution in [2.45, 2.75) is 78.2 Å². The smallest absolute Gasteiger partial charge is 0.340 e. The van der Waals surface area contributed by atoms with E-state index in [9.17, 15) is 24.6 Å². The number of methoxy groups -OCH3 is 1. The second-order valence-electron chi connectivity index (χ2n) is 12.3. The summed E-state index contributed by atoms with van der Waals surface area (Å²) in [6.45, 7) is 10.3. The Balaban J connectivity index is 1.96. The van der Waals surface area contributed by atoms with Gasteiger partial charge in [0, 0.05) is 55.9 Å². The van der Waals surface area contributed by atoms with Crippen LogP contribution in [0.15, 0.2) is 34.3 Å². The summed E-state index contributed by atoms with van der Waals surface area (Å²) in [5.41, 5.74) is -0.782.